The Hall–Kier alpha value is -1.36. The van der Waals surface area contributed by atoms with Crippen LogP contribution in [0.2, 0.25) is 0 Å². The van der Waals surface area contributed by atoms with Gasteiger partial charge < -0.3 is 10.2 Å². The van der Waals surface area contributed by atoms with E-state index >= 15 is 0 Å². The molecule has 1 unspecified atom stereocenters. The molecule has 1 saturated heterocycles. The number of aromatic nitrogens is 2. The average molecular weight is 222 g/mol. The molecule has 0 spiro atoms. The third-order valence-electron chi connectivity index (χ3n) is 3.17. The number of hydrogen-bond donors (Lipinski definition) is 2. The predicted molar refractivity (Wildman–Crippen MR) is 61.1 cm³/mol. The summed E-state index contributed by atoms with van der Waals surface area (Å²) < 4.78 is 0. The van der Waals surface area contributed by atoms with Gasteiger partial charge in [-0.1, -0.05) is 0 Å². The molecule has 1 aliphatic heterocycles. The van der Waals surface area contributed by atoms with Gasteiger partial charge in [-0.15, -0.1) is 0 Å². The number of rotatable bonds is 1. The maximum absolute atomic E-state index is 11.6. The van der Waals surface area contributed by atoms with Crippen LogP contribution >= 0.6 is 0 Å². The van der Waals surface area contributed by atoms with Gasteiger partial charge in [0.25, 0.3) is 0 Å². The zero-order valence-electron chi connectivity index (χ0n) is 10.0. The molecule has 1 fully saturated rings. The first-order chi connectivity index (χ1) is 7.61. The molecule has 0 aliphatic carbocycles. The number of piperazine rings is 1. The van der Waals surface area contributed by atoms with Gasteiger partial charge in [0, 0.05) is 37.8 Å². The van der Waals surface area contributed by atoms with Crippen LogP contribution in [-0.4, -0.2) is 40.6 Å². The molecule has 5 nitrogen and oxygen atoms in total. The van der Waals surface area contributed by atoms with Crippen molar-refractivity contribution < 1.29 is 4.79 Å². The van der Waals surface area contributed by atoms with Crippen molar-refractivity contribution in [3.8, 4) is 0 Å². The molecule has 0 aromatic carbocycles. The van der Waals surface area contributed by atoms with E-state index in [2.05, 4.69) is 15.5 Å². The maximum Gasteiger partial charge on any atom is 0.220 e. The van der Waals surface area contributed by atoms with E-state index in [4.69, 9.17) is 0 Å². The molecule has 1 amide bonds. The SMILES string of the molecule is CC(=O)N1CCNCC1c1c(C)n[nH]c1C. The van der Waals surface area contributed by atoms with Gasteiger partial charge in [0.15, 0.2) is 0 Å². The van der Waals surface area contributed by atoms with Crippen LogP contribution in [0.3, 0.4) is 0 Å². The van der Waals surface area contributed by atoms with Crippen molar-refractivity contribution in [3.05, 3.63) is 17.0 Å². The van der Waals surface area contributed by atoms with Gasteiger partial charge in [0.05, 0.1) is 11.7 Å². The van der Waals surface area contributed by atoms with Crippen molar-refractivity contribution in [2.45, 2.75) is 26.8 Å². The zero-order chi connectivity index (χ0) is 11.7. The number of carbonyl (C=O) groups is 1. The molecule has 5 heteroatoms. The molecular weight excluding hydrogens is 204 g/mol. The number of nitrogens with zero attached hydrogens (tertiary/aromatic N) is 2. The van der Waals surface area contributed by atoms with Crippen LogP contribution in [0.5, 0.6) is 0 Å². The highest BCUT2D eigenvalue weighted by Gasteiger charge is 2.29. The topological polar surface area (TPSA) is 61.0 Å². The van der Waals surface area contributed by atoms with E-state index in [1.165, 1.54) is 0 Å². The van der Waals surface area contributed by atoms with Crippen molar-refractivity contribution >= 4 is 5.91 Å². The van der Waals surface area contributed by atoms with Crippen LogP contribution in [0.1, 0.15) is 29.9 Å². The largest absolute Gasteiger partial charge is 0.333 e. The van der Waals surface area contributed by atoms with Gasteiger partial charge in [-0.2, -0.15) is 5.10 Å². The number of hydrogen-bond acceptors (Lipinski definition) is 3. The fourth-order valence-corrected chi connectivity index (χ4v) is 2.39. The molecule has 0 radical (unpaired) electrons. The Morgan fingerprint density at radius 3 is 2.81 bits per heavy atom. The average Bonchev–Trinajstić information content (AvgIpc) is 2.58. The second-order valence-corrected chi connectivity index (χ2v) is 4.28. The monoisotopic (exact) mass is 222 g/mol. The van der Waals surface area contributed by atoms with Crippen LogP contribution in [0.15, 0.2) is 0 Å². The summed E-state index contributed by atoms with van der Waals surface area (Å²) in [4.78, 5) is 13.5. The molecule has 0 bridgehead atoms. The van der Waals surface area contributed by atoms with Crippen LogP contribution in [0.4, 0.5) is 0 Å². The van der Waals surface area contributed by atoms with Crippen molar-refractivity contribution in [2.24, 2.45) is 0 Å². The van der Waals surface area contributed by atoms with Gasteiger partial charge in [0.2, 0.25) is 5.91 Å². The van der Waals surface area contributed by atoms with Crippen LogP contribution in [0.25, 0.3) is 0 Å². The first-order valence-electron chi connectivity index (χ1n) is 5.60. The smallest absolute Gasteiger partial charge is 0.220 e. The van der Waals surface area contributed by atoms with Crippen molar-refractivity contribution in [1.82, 2.24) is 20.4 Å². The first-order valence-corrected chi connectivity index (χ1v) is 5.60. The summed E-state index contributed by atoms with van der Waals surface area (Å²) in [7, 11) is 0. The van der Waals surface area contributed by atoms with Crippen LogP contribution in [-0.2, 0) is 4.79 Å². The van der Waals surface area contributed by atoms with E-state index in [1.54, 1.807) is 6.92 Å². The minimum Gasteiger partial charge on any atom is -0.333 e. The second kappa shape index (κ2) is 4.25. The molecule has 0 saturated carbocycles. The Morgan fingerprint density at radius 1 is 1.50 bits per heavy atom. The molecule has 1 atom stereocenters. The van der Waals surface area contributed by atoms with Gasteiger partial charge in [-0.25, -0.2) is 0 Å². The molecule has 2 rings (SSSR count). The van der Waals surface area contributed by atoms with E-state index in [9.17, 15) is 4.79 Å². The Morgan fingerprint density at radius 2 is 2.25 bits per heavy atom. The van der Waals surface area contributed by atoms with E-state index in [1.807, 2.05) is 18.7 Å². The van der Waals surface area contributed by atoms with E-state index in [0.29, 0.717) is 0 Å². The third-order valence-corrected chi connectivity index (χ3v) is 3.17. The maximum atomic E-state index is 11.6. The molecular formula is C11H18N4O. The number of nitrogens with one attached hydrogen (secondary N) is 2. The first kappa shape index (κ1) is 11.1. The second-order valence-electron chi connectivity index (χ2n) is 4.28. The standard InChI is InChI=1S/C11H18N4O/c1-7-11(8(2)14-13-7)10-6-12-4-5-15(10)9(3)16/h10,12H,4-6H2,1-3H3,(H,13,14). The van der Waals surface area contributed by atoms with E-state index in [0.717, 1.165) is 36.6 Å². The summed E-state index contributed by atoms with van der Waals surface area (Å²) in [6.07, 6.45) is 0. The Kier molecular flexibility index (Phi) is 2.96. The summed E-state index contributed by atoms with van der Waals surface area (Å²) in [5.41, 5.74) is 3.19. The summed E-state index contributed by atoms with van der Waals surface area (Å²) >= 11 is 0. The van der Waals surface area contributed by atoms with E-state index < -0.39 is 0 Å². The quantitative estimate of drug-likeness (QED) is 0.728. The number of aryl methyl sites for hydroxylation is 2. The summed E-state index contributed by atoms with van der Waals surface area (Å²) in [6, 6.07) is 0.116. The number of aromatic amines is 1. The number of H-pyrrole nitrogens is 1. The van der Waals surface area contributed by atoms with Crippen molar-refractivity contribution in [2.75, 3.05) is 19.6 Å². The van der Waals surface area contributed by atoms with Crippen molar-refractivity contribution in [1.29, 1.82) is 0 Å². The molecule has 2 N–H and O–H groups in total. The molecule has 88 valence electrons. The van der Waals surface area contributed by atoms with Crippen molar-refractivity contribution in [3.63, 3.8) is 0 Å². The normalized spacial score (nSPS) is 21.2. The van der Waals surface area contributed by atoms with E-state index in [-0.39, 0.29) is 11.9 Å². The van der Waals surface area contributed by atoms with Gasteiger partial charge in [-0.3, -0.25) is 9.89 Å². The molecule has 1 aromatic heterocycles. The predicted octanol–water partition coefficient (Wildman–Crippen LogP) is 0.519. The summed E-state index contributed by atoms with van der Waals surface area (Å²) in [5, 5.41) is 10.5. The Bertz CT molecular complexity index is 379. The summed E-state index contributed by atoms with van der Waals surface area (Å²) in [6.45, 7) is 8.05. The van der Waals surface area contributed by atoms with Crippen LogP contribution < -0.4 is 5.32 Å². The summed E-state index contributed by atoms with van der Waals surface area (Å²) in [5.74, 6) is 0.131. The zero-order valence-corrected chi connectivity index (χ0v) is 10.0. The third kappa shape index (κ3) is 1.82. The highest BCUT2D eigenvalue weighted by atomic mass is 16.2. The number of carbonyl (C=O) groups excluding carboxylic acids is 1. The molecule has 16 heavy (non-hydrogen) atoms. The lowest BCUT2D eigenvalue weighted by Crippen LogP contribution is -2.48. The lowest BCUT2D eigenvalue weighted by atomic mass is 10.0. The van der Waals surface area contributed by atoms with Crippen LogP contribution in [0, 0.1) is 13.8 Å². The highest BCUT2D eigenvalue weighted by Crippen LogP contribution is 2.26. The minimum absolute atomic E-state index is 0.116. The molecule has 2 heterocycles. The fourth-order valence-electron chi connectivity index (χ4n) is 2.39. The minimum atomic E-state index is 0.116. The highest BCUT2D eigenvalue weighted by molar-refractivity contribution is 5.74. The molecule has 1 aromatic rings. The Labute approximate surface area is 95.2 Å². The lowest BCUT2D eigenvalue weighted by Gasteiger charge is -2.35. The van der Waals surface area contributed by atoms with Gasteiger partial charge in [0.1, 0.15) is 0 Å². The fraction of sp³-hybridized carbons (Fsp3) is 0.636. The lowest BCUT2D eigenvalue weighted by molar-refractivity contribution is -0.132. The molecule has 1 aliphatic rings. The van der Waals surface area contributed by atoms with Gasteiger partial charge >= 0.3 is 0 Å². The van der Waals surface area contributed by atoms with Gasteiger partial charge in [-0.05, 0) is 13.8 Å². The Balaban J connectivity index is 2.33. The number of amides is 1.